The summed E-state index contributed by atoms with van der Waals surface area (Å²) in [5.41, 5.74) is 1.59. The molecule has 1 aromatic rings. The number of rotatable bonds is 2. The van der Waals surface area contributed by atoms with E-state index < -0.39 is 0 Å². The van der Waals surface area contributed by atoms with Gasteiger partial charge in [-0.05, 0) is 30.5 Å². The lowest BCUT2D eigenvalue weighted by atomic mass is 10.1. The number of benzene rings is 1. The third-order valence-corrected chi connectivity index (χ3v) is 2.63. The van der Waals surface area contributed by atoms with Crippen molar-refractivity contribution in [3.8, 4) is 6.07 Å². The van der Waals surface area contributed by atoms with Crippen molar-refractivity contribution in [2.24, 2.45) is 0 Å². The summed E-state index contributed by atoms with van der Waals surface area (Å²) in [6.45, 7) is 3.52. The van der Waals surface area contributed by atoms with Gasteiger partial charge in [0.1, 0.15) is 5.82 Å². The highest BCUT2D eigenvalue weighted by Crippen LogP contribution is 2.25. The van der Waals surface area contributed by atoms with Crippen LogP contribution < -0.4 is 0 Å². The lowest BCUT2D eigenvalue weighted by Crippen LogP contribution is -1.88. The van der Waals surface area contributed by atoms with Crippen molar-refractivity contribution < 1.29 is 4.39 Å². The van der Waals surface area contributed by atoms with E-state index in [1.54, 1.807) is 19.1 Å². The maximum atomic E-state index is 13.2. The molecular weight excluding hydrogens is 213 g/mol. The highest BCUT2D eigenvalue weighted by atomic mass is 35.5. The van der Waals surface area contributed by atoms with Crippen molar-refractivity contribution in [2.75, 3.05) is 0 Å². The van der Waals surface area contributed by atoms with Gasteiger partial charge in [0, 0.05) is 5.57 Å². The highest BCUT2D eigenvalue weighted by molar-refractivity contribution is 6.49. The number of aryl methyl sites for hydroxylation is 1. The molecule has 0 aliphatic carbocycles. The van der Waals surface area contributed by atoms with Gasteiger partial charge in [0.15, 0.2) is 0 Å². The van der Waals surface area contributed by atoms with Crippen molar-refractivity contribution in [3.05, 3.63) is 40.7 Å². The first kappa shape index (κ1) is 11.7. The second kappa shape index (κ2) is 4.95. The van der Waals surface area contributed by atoms with Crippen molar-refractivity contribution >= 4 is 16.6 Å². The Bertz CT molecular complexity index is 443. The maximum Gasteiger partial charge on any atom is 0.126 e. The van der Waals surface area contributed by atoms with Crippen LogP contribution >= 0.6 is 11.6 Å². The molecule has 0 fully saturated rings. The first-order valence-electron chi connectivity index (χ1n) is 4.65. The Hall–Kier alpha value is -1.33. The van der Waals surface area contributed by atoms with E-state index in [9.17, 15) is 4.39 Å². The van der Waals surface area contributed by atoms with Gasteiger partial charge >= 0.3 is 0 Å². The lowest BCUT2D eigenvalue weighted by molar-refractivity contribution is 0.618. The monoisotopic (exact) mass is 223 g/mol. The van der Waals surface area contributed by atoms with E-state index in [2.05, 4.69) is 0 Å². The van der Waals surface area contributed by atoms with E-state index in [-0.39, 0.29) is 5.82 Å². The average molecular weight is 224 g/mol. The van der Waals surface area contributed by atoms with Crippen LogP contribution in [-0.2, 0) is 0 Å². The fourth-order valence-electron chi connectivity index (χ4n) is 1.19. The molecule has 1 nitrogen and oxygen atoms in total. The smallest absolute Gasteiger partial charge is 0.126 e. The van der Waals surface area contributed by atoms with E-state index in [0.29, 0.717) is 28.2 Å². The molecule has 0 heterocycles. The predicted octanol–water partition coefficient (Wildman–Crippen LogP) is 4.02. The van der Waals surface area contributed by atoms with Crippen LogP contribution in [0.2, 0.25) is 0 Å². The molecule has 0 unspecified atom stereocenters. The second-order valence-electron chi connectivity index (χ2n) is 3.22. The molecule has 15 heavy (non-hydrogen) atoms. The minimum Gasteiger partial charge on any atom is -0.207 e. The Morgan fingerprint density at radius 3 is 2.67 bits per heavy atom. The normalized spacial score (nSPS) is 11.9. The molecule has 0 amide bonds. The third-order valence-electron chi connectivity index (χ3n) is 2.18. The molecule has 78 valence electrons. The van der Waals surface area contributed by atoms with Crippen molar-refractivity contribution in [3.63, 3.8) is 0 Å². The van der Waals surface area contributed by atoms with E-state index in [4.69, 9.17) is 16.9 Å². The summed E-state index contributed by atoms with van der Waals surface area (Å²) in [6, 6.07) is 6.73. The van der Waals surface area contributed by atoms with E-state index in [1.807, 2.05) is 13.0 Å². The fourth-order valence-corrected chi connectivity index (χ4v) is 1.48. The van der Waals surface area contributed by atoms with Crippen LogP contribution in [0.1, 0.15) is 24.5 Å². The number of nitriles is 1. The Balaban J connectivity index is 3.24. The molecular formula is C12H11ClFN. The van der Waals surface area contributed by atoms with Crippen LogP contribution in [-0.4, -0.2) is 0 Å². The van der Waals surface area contributed by atoms with Gasteiger partial charge in [0.05, 0.1) is 11.1 Å². The van der Waals surface area contributed by atoms with Crippen LogP contribution in [0.4, 0.5) is 4.39 Å². The van der Waals surface area contributed by atoms with Gasteiger partial charge in [0.25, 0.3) is 0 Å². The fraction of sp³-hybridized carbons (Fsp3) is 0.250. The van der Waals surface area contributed by atoms with Gasteiger partial charge in [-0.15, -0.1) is 0 Å². The summed E-state index contributed by atoms with van der Waals surface area (Å²) >= 11 is 5.99. The van der Waals surface area contributed by atoms with E-state index in [1.165, 1.54) is 6.07 Å². The van der Waals surface area contributed by atoms with Crippen molar-refractivity contribution in [1.29, 1.82) is 5.26 Å². The Kier molecular flexibility index (Phi) is 3.88. The Morgan fingerprint density at radius 1 is 1.53 bits per heavy atom. The highest BCUT2D eigenvalue weighted by Gasteiger charge is 2.07. The van der Waals surface area contributed by atoms with Crippen LogP contribution in [0.25, 0.3) is 5.03 Å². The second-order valence-corrected chi connectivity index (χ2v) is 3.60. The van der Waals surface area contributed by atoms with Crippen LogP contribution in [0.3, 0.4) is 0 Å². The van der Waals surface area contributed by atoms with Crippen LogP contribution in [0.15, 0.2) is 23.8 Å². The molecule has 3 heteroatoms. The number of halogens is 2. The summed E-state index contributed by atoms with van der Waals surface area (Å²) in [5.74, 6) is -0.306. The van der Waals surface area contributed by atoms with Crippen LogP contribution in [0.5, 0.6) is 0 Å². The zero-order chi connectivity index (χ0) is 11.4. The molecule has 0 saturated carbocycles. The molecule has 0 radical (unpaired) electrons. The van der Waals surface area contributed by atoms with Crippen molar-refractivity contribution in [2.45, 2.75) is 20.3 Å². The summed E-state index contributed by atoms with van der Waals surface area (Å²) in [7, 11) is 0. The summed E-state index contributed by atoms with van der Waals surface area (Å²) in [6.07, 6.45) is 0.546. The largest absolute Gasteiger partial charge is 0.207 e. The molecule has 0 aliphatic heterocycles. The number of nitrogens with zero attached hydrogens (tertiary/aromatic N) is 1. The minimum absolute atomic E-state index is 0.306. The van der Waals surface area contributed by atoms with Crippen molar-refractivity contribution in [1.82, 2.24) is 0 Å². The maximum absolute atomic E-state index is 13.2. The van der Waals surface area contributed by atoms with Gasteiger partial charge in [-0.2, -0.15) is 5.26 Å². The minimum atomic E-state index is -0.306. The van der Waals surface area contributed by atoms with E-state index in [0.717, 1.165) is 0 Å². The molecule has 0 atom stereocenters. The molecule has 0 spiro atoms. The summed E-state index contributed by atoms with van der Waals surface area (Å²) < 4.78 is 13.2. The van der Waals surface area contributed by atoms with E-state index >= 15 is 0 Å². The zero-order valence-electron chi connectivity index (χ0n) is 8.64. The standard InChI is InChI=1S/C12H11ClFN/c1-3-9(7-15)12(13)10-5-4-8(2)11(14)6-10/h4-6H,3H2,1-2H3. The summed E-state index contributed by atoms with van der Waals surface area (Å²) in [4.78, 5) is 0. The van der Waals surface area contributed by atoms with Gasteiger partial charge in [-0.1, -0.05) is 30.7 Å². The molecule has 1 rings (SSSR count). The molecule has 0 N–H and O–H groups in total. The van der Waals surface area contributed by atoms with Gasteiger partial charge in [-0.25, -0.2) is 4.39 Å². The molecule has 1 aromatic carbocycles. The molecule has 0 aliphatic rings. The third kappa shape index (κ3) is 2.57. The lowest BCUT2D eigenvalue weighted by Gasteiger charge is -2.03. The number of hydrogen-bond acceptors (Lipinski definition) is 1. The van der Waals surface area contributed by atoms with Gasteiger partial charge in [0.2, 0.25) is 0 Å². The number of hydrogen-bond donors (Lipinski definition) is 0. The molecule has 0 aromatic heterocycles. The first-order valence-corrected chi connectivity index (χ1v) is 5.03. The van der Waals surface area contributed by atoms with Crippen LogP contribution in [0, 0.1) is 24.1 Å². The molecule has 0 bridgehead atoms. The average Bonchev–Trinajstić information content (AvgIpc) is 2.23. The van der Waals surface area contributed by atoms with Gasteiger partial charge in [-0.3, -0.25) is 0 Å². The zero-order valence-corrected chi connectivity index (χ0v) is 9.40. The van der Waals surface area contributed by atoms with Gasteiger partial charge < -0.3 is 0 Å². The quantitative estimate of drug-likeness (QED) is 0.695. The summed E-state index contributed by atoms with van der Waals surface area (Å²) in [5, 5.41) is 9.13. The predicted molar refractivity (Wildman–Crippen MR) is 59.8 cm³/mol. The topological polar surface area (TPSA) is 23.8 Å². The Labute approximate surface area is 93.8 Å². The number of allylic oxidation sites excluding steroid dienone is 1. The molecule has 0 saturated heterocycles. The SMILES string of the molecule is CCC(C#N)=C(Cl)c1ccc(C)c(F)c1. The first-order chi connectivity index (χ1) is 7.10. The Morgan fingerprint density at radius 2 is 2.20 bits per heavy atom.